The van der Waals surface area contributed by atoms with Gasteiger partial charge in [0.2, 0.25) is 0 Å². The predicted molar refractivity (Wildman–Crippen MR) is 107 cm³/mol. The van der Waals surface area contributed by atoms with Crippen molar-refractivity contribution < 1.29 is 28.7 Å². The zero-order valence-corrected chi connectivity index (χ0v) is 17.7. The van der Waals surface area contributed by atoms with Crippen molar-refractivity contribution in [2.45, 2.75) is 77.7 Å². The minimum Gasteiger partial charge on any atom is -0.480 e. The molecule has 0 aliphatic carbocycles. The molecule has 1 aromatic carbocycles. The van der Waals surface area contributed by atoms with Crippen LogP contribution < -0.4 is 10.8 Å². The van der Waals surface area contributed by atoms with Gasteiger partial charge in [0.1, 0.15) is 11.6 Å². The zero-order chi connectivity index (χ0) is 21.3. The van der Waals surface area contributed by atoms with Crippen LogP contribution in [0, 0.1) is 0 Å². The molecule has 0 spiro atoms. The van der Waals surface area contributed by atoms with Crippen molar-refractivity contribution in [3.63, 3.8) is 0 Å². The minimum atomic E-state index is -1.12. The number of rotatable bonds is 5. The van der Waals surface area contributed by atoms with Crippen LogP contribution in [0.2, 0.25) is 0 Å². The number of ether oxygens (including phenoxy) is 1. The van der Waals surface area contributed by atoms with Gasteiger partial charge in [-0.3, -0.25) is 0 Å². The molecular weight excluding hydrogens is 361 g/mol. The molecule has 1 aliphatic rings. The van der Waals surface area contributed by atoms with Crippen LogP contribution in [-0.4, -0.2) is 47.1 Å². The SMILES string of the molecule is CC(C)(C)OC(=O)N[C@@H](Cc1ccc(B2OC(C)(C)C(C)(C)O2)cc1)C(=O)O. The first-order chi connectivity index (χ1) is 12.7. The topological polar surface area (TPSA) is 94.1 Å². The third kappa shape index (κ3) is 5.48. The van der Waals surface area contributed by atoms with Gasteiger partial charge in [0, 0.05) is 6.42 Å². The maximum absolute atomic E-state index is 11.9. The molecule has 1 aromatic rings. The van der Waals surface area contributed by atoms with Gasteiger partial charge in [0.15, 0.2) is 0 Å². The summed E-state index contributed by atoms with van der Waals surface area (Å²) in [5.74, 6) is -1.12. The number of hydrogen-bond donors (Lipinski definition) is 2. The predicted octanol–water partition coefficient (Wildman–Crippen LogP) is 2.51. The Kier molecular flexibility index (Phi) is 6.16. The Morgan fingerprint density at radius 2 is 1.61 bits per heavy atom. The summed E-state index contributed by atoms with van der Waals surface area (Å²) in [6.07, 6.45) is -0.619. The number of nitrogens with one attached hydrogen (secondary N) is 1. The van der Waals surface area contributed by atoms with Gasteiger partial charge in [-0.1, -0.05) is 24.3 Å². The highest BCUT2D eigenvalue weighted by molar-refractivity contribution is 6.62. The molecule has 0 bridgehead atoms. The molecule has 0 radical (unpaired) electrons. The van der Waals surface area contributed by atoms with Gasteiger partial charge in [0.25, 0.3) is 0 Å². The third-order valence-electron chi connectivity index (χ3n) is 4.93. The molecule has 1 saturated heterocycles. The summed E-state index contributed by atoms with van der Waals surface area (Å²) < 4.78 is 17.2. The number of carboxylic acid groups (broad SMARTS) is 1. The fraction of sp³-hybridized carbons (Fsp3) is 0.600. The fourth-order valence-corrected chi connectivity index (χ4v) is 2.68. The number of amides is 1. The van der Waals surface area contributed by atoms with E-state index in [1.165, 1.54) is 0 Å². The van der Waals surface area contributed by atoms with Gasteiger partial charge < -0.3 is 24.5 Å². The third-order valence-corrected chi connectivity index (χ3v) is 4.93. The van der Waals surface area contributed by atoms with Crippen molar-refractivity contribution in [1.29, 1.82) is 0 Å². The van der Waals surface area contributed by atoms with E-state index in [0.717, 1.165) is 11.0 Å². The summed E-state index contributed by atoms with van der Waals surface area (Å²) in [6.45, 7) is 13.1. The van der Waals surface area contributed by atoms with E-state index in [-0.39, 0.29) is 6.42 Å². The van der Waals surface area contributed by atoms with Crippen LogP contribution in [0.5, 0.6) is 0 Å². The second kappa shape index (κ2) is 7.76. The standard InChI is InChI=1S/C20H30BNO6/c1-18(2,3)26-17(25)22-15(16(23)24)12-13-8-10-14(11-9-13)21-27-19(4,5)20(6,7)28-21/h8-11,15H,12H2,1-7H3,(H,22,25)(H,23,24)/t15-/m0/s1. The van der Waals surface area contributed by atoms with E-state index in [0.29, 0.717) is 0 Å². The van der Waals surface area contributed by atoms with Crippen molar-refractivity contribution in [2.24, 2.45) is 0 Å². The molecule has 1 heterocycles. The highest BCUT2D eigenvalue weighted by atomic mass is 16.7. The highest BCUT2D eigenvalue weighted by Gasteiger charge is 2.51. The highest BCUT2D eigenvalue weighted by Crippen LogP contribution is 2.36. The van der Waals surface area contributed by atoms with E-state index in [1.807, 2.05) is 52.0 Å². The van der Waals surface area contributed by atoms with Gasteiger partial charge in [-0.25, -0.2) is 9.59 Å². The number of alkyl carbamates (subject to hydrolysis) is 1. The van der Waals surface area contributed by atoms with E-state index in [2.05, 4.69) is 5.32 Å². The van der Waals surface area contributed by atoms with Crippen molar-refractivity contribution in [3.8, 4) is 0 Å². The molecule has 2 rings (SSSR count). The van der Waals surface area contributed by atoms with Crippen molar-refractivity contribution in [1.82, 2.24) is 5.32 Å². The Morgan fingerprint density at radius 3 is 2.04 bits per heavy atom. The van der Waals surface area contributed by atoms with E-state index in [9.17, 15) is 14.7 Å². The van der Waals surface area contributed by atoms with Crippen LogP contribution in [0.1, 0.15) is 54.0 Å². The average molecular weight is 391 g/mol. The number of hydrogen-bond acceptors (Lipinski definition) is 5. The van der Waals surface area contributed by atoms with Crippen LogP contribution in [0.15, 0.2) is 24.3 Å². The Hall–Kier alpha value is -2.06. The van der Waals surface area contributed by atoms with Gasteiger partial charge in [-0.15, -0.1) is 0 Å². The molecule has 8 heteroatoms. The number of benzene rings is 1. The van der Waals surface area contributed by atoms with Crippen LogP contribution in [0.25, 0.3) is 0 Å². The zero-order valence-electron chi connectivity index (χ0n) is 17.7. The summed E-state index contributed by atoms with van der Waals surface area (Å²) in [6, 6.07) is 6.24. The second-order valence-electron chi connectivity index (χ2n) is 9.07. The number of carboxylic acids is 1. The monoisotopic (exact) mass is 391 g/mol. The Balaban J connectivity index is 2.04. The first-order valence-electron chi connectivity index (χ1n) is 9.37. The first kappa shape index (κ1) is 22.2. The van der Waals surface area contributed by atoms with Gasteiger partial charge in [-0.05, 0) is 59.5 Å². The summed E-state index contributed by atoms with van der Waals surface area (Å²) in [4.78, 5) is 23.4. The molecule has 154 valence electrons. The van der Waals surface area contributed by atoms with Gasteiger partial charge >= 0.3 is 19.2 Å². The van der Waals surface area contributed by atoms with Crippen LogP contribution >= 0.6 is 0 Å². The first-order valence-corrected chi connectivity index (χ1v) is 9.37. The van der Waals surface area contributed by atoms with Gasteiger partial charge in [0.05, 0.1) is 11.2 Å². The summed E-state index contributed by atoms with van der Waals surface area (Å²) in [7, 11) is -0.478. The Morgan fingerprint density at radius 1 is 1.11 bits per heavy atom. The lowest BCUT2D eigenvalue weighted by molar-refractivity contribution is -0.139. The summed E-state index contributed by atoms with van der Waals surface area (Å²) >= 11 is 0. The smallest absolute Gasteiger partial charge is 0.480 e. The van der Waals surface area contributed by atoms with Crippen LogP contribution in [0.3, 0.4) is 0 Å². The molecule has 0 unspecified atom stereocenters. The molecule has 1 fully saturated rings. The molecule has 1 aliphatic heterocycles. The van der Waals surface area contributed by atoms with E-state index < -0.39 is 42.0 Å². The second-order valence-corrected chi connectivity index (χ2v) is 9.07. The Bertz CT molecular complexity index is 707. The molecule has 0 aromatic heterocycles. The van der Waals surface area contributed by atoms with Gasteiger partial charge in [-0.2, -0.15) is 0 Å². The van der Waals surface area contributed by atoms with Crippen molar-refractivity contribution in [3.05, 3.63) is 29.8 Å². The number of carbonyl (C=O) groups excluding carboxylic acids is 1. The lowest BCUT2D eigenvalue weighted by atomic mass is 9.78. The maximum atomic E-state index is 11.9. The van der Waals surface area contributed by atoms with Crippen LogP contribution in [0.4, 0.5) is 4.79 Å². The fourth-order valence-electron chi connectivity index (χ4n) is 2.68. The molecule has 0 saturated carbocycles. The van der Waals surface area contributed by atoms with E-state index in [4.69, 9.17) is 14.0 Å². The number of carbonyl (C=O) groups is 2. The van der Waals surface area contributed by atoms with E-state index >= 15 is 0 Å². The normalized spacial score (nSPS) is 19.2. The van der Waals surface area contributed by atoms with Crippen LogP contribution in [-0.2, 0) is 25.3 Å². The molecule has 7 nitrogen and oxygen atoms in total. The average Bonchev–Trinajstić information content (AvgIpc) is 2.73. The lowest BCUT2D eigenvalue weighted by Crippen LogP contribution is -2.44. The quantitative estimate of drug-likeness (QED) is 0.750. The Labute approximate surface area is 166 Å². The van der Waals surface area contributed by atoms with Crippen molar-refractivity contribution in [2.75, 3.05) is 0 Å². The minimum absolute atomic E-state index is 0.137. The summed E-state index contributed by atoms with van der Waals surface area (Å²) in [5, 5.41) is 11.8. The molecular formula is C20H30BNO6. The molecule has 28 heavy (non-hydrogen) atoms. The number of aliphatic carboxylic acids is 1. The largest absolute Gasteiger partial charge is 0.494 e. The lowest BCUT2D eigenvalue weighted by Gasteiger charge is -2.32. The van der Waals surface area contributed by atoms with Crippen molar-refractivity contribution >= 4 is 24.6 Å². The van der Waals surface area contributed by atoms with E-state index in [1.54, 1.807) is 20.8 Å². The maximum Gasteiger partial charge on any atom is 0.494 e. The molecule has 2 N–H and O–H groups in total. The molecule has 1 atom stereocenters. The summed E-state index contributed by atoms with van der Waals surface area (Å²) in [5.41, 5.74) is 0.0694. The molecule has 1 amide bonds.